The van der Waals surface area contributed by atoms with Gasteiger partial charge in [-0.25, -0.2) is 9.78 Å². The first kappa shape index (κ1) is 10.7. The minimum Gasteiger partial charge on any atom is -0.476 e. The van der Waals surface area contributed by atoms with Gasteiger partial charge >= 0.3 is 5.97 Å². The number of rotatable bonds is 2. The van der Waals surface area contributed by atoms with Gasteiger partial charge in [0.15, 0.2) is 5.69 Å². The number of carboxylic acid groups (broad SMARTS) is 1. The smallest absolute Gasteiger partial charge is 0.356 e. The molecule has 0 bridgehead atoms. The Morgan fingerprint density at radius 1 is 1.57 bits per heavy atom. The largest absolute Gasteiger partial charge is 0.476 e. The van der Waals surface area contributed by atoms with E-state index in [4.69, 9.17) is 5.11 Å². The molecule has 0 amide bonds. The number of nitrogens with zero attached hydrogens (tertiary/aromatic N) is 1. The molecule has 0 saturated heterocycles. The Kier molecular flexibility index (Phi) is 2.62. The van der Waals surface area contributed by atoms with Crippen molar-refractivity contribution in [1.82, 2.24) is 9.97 Å². The molecule has 0 spiro atoms. The van der Waals surface area contributed by atoms with Gasteiger partial charge in [0.1, 0.15) is 6.10 Å². The maximum atomic E-state index is 10.7. The van der Waals surface area contributed by atoms with E-state index in [0.717, 1.165) is 0 Å². The van der Waals surface area contributed by atoms with Crippen LogP contribution in [0.25, 0.3) is 0 Å². The molecule has 0 aliphatic rings. The van der Waals surface area contributed by atoms with Gasteiger partial charge < -0.3 is 15.2 Å². The Bertz CT molecular complexity index is 338. The zero-order valence-electron chi connectivity index (χ0n) is 8.40. The van der Waals surface area contributed by atoms with Gasteiger partial charge in [-0.3, -0.25) is 0 Å². The number of aliphatic hydroxyl groups is 1. The predicted octanol–water partition coefficient (Wildman–Crippen LogP) is 1.19. The molecule has 1 aromatic rings. The lowest BCUT2D eigenvalue weighted by molar-refractivity contribution is 0.0540. The lowest BCUT2D eigenvalue weighted by Crippen LogP contribution is -2.20. The predicted molar refractivity (Wildman–Crippen MR) is 50.0 cm³/mol. The lowest BCUT2D eigenvalue weighted by atomic mass is 9.86. The van der Waals surface area contributed by atoms with E-state index in [1.807, 2.05) is 20.8 Å². The number of imidazole rings is 1. The number of carbonyl (C=O) groups is 1. The first-order valence-electron chi connectivity index (χ1n) is 4.28. The van der Waals surface area contributed by atoms with E-state index >= 15 is 0 Å². The number of nitrogens with one attached hydrogen (secondary N) is 1. The molecule has 5 nitrogen and oxygen atoms in total. The van der Waals surface area contributed by atoms with E-state index in [0.29, 0.717) is 0 Å². The Hall–Kier alpha value is -1.36. The molecule has 0 aliphatic carbocycles. The average Bonchev–Trinajstić information content (AvgIpc) is 2.48. The van der Waals surface area contributed by atoms with Crippen LogP contribution in [0.1, 0.15) is 43.1 Å². The van der Waals surface area contributed by atoms with Crippen LogP contribution < -0.4 is 0 Å². The average molecular weight is 198 g/mol. The van der Waals surface area contributed by atoms with Crippen molar-refractivity contribution in [3.8, 4) is 0 Å². The molecule has 0 aliphatic heterocycles. The molecule has 1 unspecified atom stereocenters. The van der Waals surface area contributed by atoms with E-state index < -0.39 is 17.5 Å². The summed E-state index contributed by atoms with van der Waals surface area (Å²) in [6.07, 6.45) is 0.407. The zero-order chi connectivity index (χ0) is 10.9. The van der Waals surface area contributed by atoms with Gasteiger partial charge in [-0.1, -0.05) is 20.8 Å². The van der Waals surface area contributed by atoms with E-state index in [1.54, 1.807) is 0 Å². The number of aromatic nitrogens is 2. The van der Waals surface area contributed by atoms with Crippen LogP contribution in [-0.2, 0) is 0 Å². The summed E-state index contributed by atoms with van der Waals surface area (Å²) in [5.41, 5.74) is -0.283. The third-order valence-corrected chi connectivity index (χ3v) is 1.97. The number of hydrogen-bond acceptors (Lipinski definition) is 3. The number of H-pyrrole nitrogens is 1. The molecule has 1 atom stereocenters. The SMILES string of the molecule is CC(C)(C)C(O)c1[nH]cnc1C(=O)O. The quantitative estimate of drug-likeness (QED) is 0.666. The fourth-order valence-electron chi connectivity index (χ4n) is 1.12. The molecule has 5 heteroatoms. The number of aromatic amines is 1. The molecule has 14 heavy (non-hydrogen) atoms. The number of aliphatic hydroxyl groups excluding tert-OH is 1. The van der Waals surface area contributed by atoms with E-state index in [1.165, 1.54) is 6.33 Å². The molecule has 0 aromatic carbocycles. The summed E-state index contributed by atoms with van der Waals surface area (Å²) in [7, 11) is 0. The molecule has 1 rings (SSSR count). The maximum Gasteiger partial charge on any atom is 0.356 e. The number of hydrogen-bond donors (Lipinski definition) is 3. The first-order valence-corrected chi connectivity index (χ1v) is 4.28. The summed E-state index contributed by atoms with van der Waals surface area (Å²) < 4.78 is 0. The molecular weight excluding hydrogens is 184 g/mol. The number of carboxylic acids is 1. The molecule has 0 saturated carbocycles. The summed E-state index contributed by atoms with van der Waals surface area (Å²) in [4.78, 5) is 17.0. The van der Waals surface area contributed by atoms with Gasteiger partial charge in [-0.05, 0) is 5.41 Å². The fourth-order valence-corrected chi connectivity index (χ4v) is 1.12. The van der Waals surface area contributed by atoms with Crippen LogP contribution in [0.4, 0.5) is 0 Å². The van der Waals surface area contributed by atoms with E-state index in [9.17, 15) is 9.90 Å². The fraction of sp³-hybridized carbons (Fsp3) is 0.556. The van der Waals surface area contributed by atoms with Crippen LogP contribution in [-0.4, -0.2) is 26.2 Å². The van der Waals surface area contributed by atoms with Gasteiger partial charge in [0.05, 0.1) is 12.0 Å². The second kappa shape index (κ2) is 3.42. The minimum absolute atomic E-state index is 0.118. The van der Waals surface area contributed by atoms with E-state index in [2.05, 4.69) is 9.97 Å². The first-order chi connectivity index (χ1) is 6.34. The van der Waals surface area contributed by atoms with Gasteiger partial charge in [0, 0.05) is 0 Å². The van der Waals surface area contributed by atoms with Crippen LogP contribution >= 0.6 is 0 Å². The standard InChI is InChI=1S/C9H14N2O3/c1-9(2,3)7(12)5-6(8(13)14)11-4-10-5/h4,7,12H,1-3H3,(H,10,11)(H,13,14). The van der Waals surface area contributed by atoms with Gasteiger partial charge in [-0.2, -0.15) is 0 Å². The van der Waals surface area contributed by atoms with Crippen LogP contribution in [0.3, 0.4) is 0 Å². The van der Waals surface area contributed by atoms with Crippen molar-refractivity contribution < 1.29 is 15.0 Å². The van der Waals surface area contributed by atoms with Crippen LogP contribution in [0.5, 0.6) is 0 Å². The molecule has 78 valence electrons. The summed E-state index contributed by atoms with van der Waals surface area (Å²) in [6.45, 7) is 5.47. The Labute approximate surface area is 81.8 Å². The van der Waals surface area contributed by atoms with Gasteiger partial charge in [0.25, 0.3) is 0 Å². The monoisotopic (exact) mass is 198 g/mol. The Morgan fingerprint density at radius 2 is 2.14 bits per heavy atom. The molecule has 1 aromatic heterocycles. The van der Waals surface area contributed by atoms with Crippen LogP contribution in [0.2, 0.25) is 0 Å². The Morgan fingerprint density at radius 3 is 2.57 bits per heavy atom. The molecular formula is C9H14N2O3. The van der Waals surface area contributed by atoms with Gasteiger partial charge in [0.2, 0.25) is 0 Å². The van der Waals surface area contributed by atoms with E-state index in [-0.39, 0.29) is 11.4 Å². The molecule has 3 N–H and O–H groups in total. The van der Waals surface area contributed by atoms with Gasteiger partial charge in [-0.15, -0.1) is 0 Å². The third kappa shape index (κ3) is 1.93. The topological polar surface area (TPSA) is 86.2 Å². The second-order valence-corrected chi connectivity index (χ2v) is 4.24. The van der Waals surface area contributed by atoms with Crippen molar-refractivity contribution in [3.05, 3.63) is 17.7 Å². The summed E-state index contributed by atoms with van der Waals surface area (Å²) in [5, 5.41) is 18.6. The third-order valence-electron chi connectivity index (χ3n) is 1.97. The van der Waals surface area contributed by atoms with Crippen LogP contribution in [0, 0.1) is 5.41 Å². The molecule has 0 fully saturated rings. The van der Waals surface area contributed by atoms with Crippen molar-refractivity contribution in [2.45, 2.75) is 26.9 Å². The highest BCUT2D eigenvalue weighted by molar-refractivity contribution is 5.86. The highest BCUT2D eigenvalue weighted by atomic mass is 16.4. The van der Waals surface area contributed by atoms with Crippen molar-refractivity contribution in [2.75, 3.05) is 0 Å². The summed E-state index contributed by atoms with van der Waals surface area (Å²) in [5.74, 6) is -1.13. The Balaban J connectivity index is 3.07. The van der Waals surface area contributed by atoms with Crippen molar-refractivity contribution >= 4 is 5.97 Å². The second-order valence-electron chi connectivity index (χ2n) is 4.24. The number of aromatic carboxylic acids is 1. The minimum atomic E-state index is -1.13. The van der Waals surface area contributed by atoms with Crippen molar-refractivity contribution in [2.24, 2.45) is 5.41 Å². The lowest BCUT2D eigenvalue weighted by Gasteiger charge is -2.24. The van der Waals surface area contributed by atoms with Crippen molar-refractivity contribution in [1.29, 1.82) is 0 Å². The molecule has 0 radical (unpaired) electrons. The normalized spacial score (nSPS) is 14.0. The highest BCUT2D eigenvalue weighted by Crippen LogP contribution is 2.32. The summed E-state index contributed by atoms with van der Waals surface area (Å²) >= 11 is 0. The highest BCUT2D eigenvalue weighted by Gasteiger charge is 2.29. The summed E-state index contributed by atoms with van der Waals surface area (Å²) in [6, 6.07) is 0. The van der Waals surface area contributed by atoms with Crippen LogP contribution in [0.15, 0.2) is 6.33 Å². The van der Waals surface area contributed by atoms with Crippen molar-refractivity contribution in [3.63, 3.8) is 0 Å². The molecule has 1 heterocycles. The zero-order valence-corrected chi connectivity index (χ0v) is 8.40. The maximum absolute atomic E-state index is 10.7.